The molecule has 0 spiro atoms. The van der Waals surface area contributed by atoms with Crippen LogP contribution in [-0.4, -0.2) is 18.0 Å². The van der Waals surface area contributed by atoms with Crippen molar-refractivity contribution >= 4 is 15.9 Å². The second-order valence-corrected chi connectivity index (χ2v) is 6.51. The van der Waals surface area contributed by atoms with Crippen LogP contribution in [0, 0.1) is 17.7 Å². The normalized spacial score (nSPS) is 18.5. The summed E-state index contributed by atoms with van der Waals surface area (Å²) in [5.41, 5.74) is 0.807. The number of hydrogen-bond donors (Lipinski definition) is 0. The van der Waals surface area contributed by atoms with Gasteiger partial charge in [0.1, 0.15) is 5.82 Å². The second kappa shape index (κ2) is 6.16. The van der Waals surface area contributed by atoms with E-state index in [2.05, 4.69) is 34.7 Å². The fourth-order valence-electron chi connectivity index (χ4n) is 2.67. The maximum absolute atomic E-state index is 13.8. The first-order valence-corrected chi connectivity index (χ1v) is 7.52. The molecule has 18 heavy (non-hydrogen) atoms. The summed E-state index contributed by atoms with van der Waals surface area (Å²) >= 11 is 3.29. The molecule has 0 unspecified atom stereocenters. The molecule has 0 radical (unpaired) electrons. The molecule has 0 saturated carbocycles. The molecule has 3 heteroatoms. The van der Waals surface area contributed by atoms with E-state index in [-0.39, 0.29) is 5.82 Å². The third kappa shape index (κ3) is 3.55. The predicted octanol–water partition coefficient (Wildman–Crippen LogP) is 4.46. The zero-order valence-electron chi connectivity index (χ0n) is 11.1. The number of halogens is 2. The molecule has 1 aliphatic rings. The topological polar surface area (TPSA) is 3.24 Å². The Kier molecular flexibility index (Phi) is 4.79. The molecule has 1 fully saturated rings. The average molecular weight is 314 g/mol. The van der Waals surface area contributed by atoms with E-state index in [4.69, 9.17) is 0 Å². The van der Waals surface area contributed by atoms with Crippen LogP contribution < -0.4 is 0 Å². The highest BCUT2D eigenvalue weighted by molar-refractivity contribution is 9.10. The first-order chi connectivity index (χ1) is 8.56. The van der Waals surface area contributed by atoms with E-state index in [1.165, 1.54) is 12.8 Å². The summed E-state index contributed by atoms with van der Waals surface area (Å²) in [4.78, 5) is 2.37. The Bertz CT molecular complexity index is 397. The van der Waals surface area contributed by atoms with Crippen LogP contribution >= 0.6 is 15.9 Å². The fourth-order valence-corrected chi connectivity index (χ4v) is 3.00. The highest BCUT2D eigenvalue weighted by Crippen LogP contribution is 2.26. The molecule has 0 aliphatic carbocycles. The zero-order valence-corrected chi connectivity index (χ0v) is 12.7. The Morgan fingerprint density at radius 3 is 2.56 bits per heavy atom. The van der Waals surface area contributed by atoms with Crippen molar-refractivity contribution in [3.05, 3.63) is 34.1 Å². The van der Waals surface area contributed by atoms with Gasteiger partial charge in [0.05, 0.1) is 0 Å². The molecular formula is C15H21BrFN. The van der Waals surface area contributed by atoms with Gasteiger partial charge >= 0.3 is 0 Å². The molecule has 100 valence electrons. The number of likely N-dealkylation sites (tertiary alicyclic amines) is 1. The van der Waals surface area contributed by atoms with Gasteiger partial charge < -0.3 is 0 Å². The summed E-state index contributed by atoms with van der Waals surface area (Å²) in [7, 11) is 0. The predicted molar refractivity (Wildman–Crippen MR) is 76.9 cm³/mol. The van der Waals surface area contributed by atoms with E-state index in [9.17, 15) is 4.39 Å². The molecule has 2 rings (SSSR count). The average Bonchev–Trinajstić information content (AvgIpc) is 2.33. The van der Waals surface area contributed by atoms with Gasteiger partial charge in [-0.05, 0) is 49.9 Å². The second-order valence-electron chi connectivity index (χ2n) is 5.59. The number of piperidine rings is 1. The first kappa shape index (κ1) is 14.0. The minimum Gasteiger partial charge on any atom is -0.299 e. The molecular weight excluding hydrogens is 293 g/mol. The van der Waals surface area contributed by atoms with E-state index < -0.39 is 0 Å². The van der Waals surface area contributed by atoms with Crippen LogP contribution in [0.4, 0.5) is 4.39 Å². The fraction of sp³-hybridized carbons (Fsp3) is 0.600. The minimum atomic E-state index is -0.102. The Morgan fingerprint density at radius 2 is 2.00 bits per heavy atom. The molecule has 0 aromatic heterocycles. The summed E-state index contributed by atoms with van der Waals surface area (Å²) in [5.74, 6) is 1.52. The van der Waals surface area contributed by atoms with Crippen LogP contribution in [0.2, 0.25) is 0 Å². The van der Waals surface area contributed by atoms with Crippen molar-refractivity contribution in [1.29, 1.82) is 0 Å². The van der Waals surface area contributed by atoms with Gasteiger partial charge in [0.2, 0.25) is 0 Å². The molecule has 1 saturated heterocycles. The van der Waals surface area contributed by atoms with Gasteiger partial charge in [-0.25, -0.2) is 4.39 Å². The third-order valence-corrected chi connectivity index (χ3v) is 4.48. The molecule has 0 bridgehead atoms. The van der Waals surface area contributed by atoms with Crippen molar-refractivity contribution in [3.8, 4) is 0 Å². The molecule has 1 aromatic carbocycles. The van der Waals surface area contributed by atoms with E-state index in [1.54, 1.807) is 6.07 Å². The highest BCUT2D eigenvalue weighted by Gasteiger charge is 2.21. The standard InChI is InChI=1S/C15H21BrFN/c1-11(2)12-5-7-18(8-6-12)10-13-3-4-14(16)9-15(13)17/h3-4,9,11-12H,5-8,10H2,1-2H3. The number of nitrogens with zero attached hydrogens (tertiary/aromatic N) is 1. The molecule has 1 nitrogen and oxygen atoms in total. The molecule has 0 atom stereocenters. The zero-order chi connectivity index (χ0) is 13.1. The van der Waals surface area contributed by atoms with E-state index in [1.807, 2.05) is 12.1 Å². The molecule has 1 aromatic rings. The lowest BCUT2D eigenvalue weighted by Crippen LogP contribution is -2.34. The van der Waals surface area contributed by atoms with Gasteiger partial charge in [0.15, 0.2) is 0 Å². The Labute approximate surface area is 118 Å². The number of hydrogen-bond acceptors (Lipinski definition) is 1. The largest absolute Gasteiger partial charge is 0.299 e. The van der Waals surface area contributed by atoms with Crippen LogP contribution in [0.5, 0.6) is 0 Å². The van der Waals surface area contributed by atoms with E-state index in [0.717, 1.165) is 41.5 Å². The summed E-state index contributed by atoms with van der Waals surface area (Å²) in [6.45, 7) is 7.53. The summed E-state index contributed by atoms with van der Waals surface area (Å²) in [6, 6.07) is 5.35. The van der Waals surface area contributed by atoms with E-state index >= 15 is 0 Å². The van der Waals surface area contributed by atoms with Gasteiger partial charge in [-0.3, -0.25) is 4.90 Å². The minimum absolute atomic E-state index is 0.102. The monoisotopic (exact) mass is 313 g/mol. The maximum atomic E-state index is 13.8. The summed E-state index contributed by atoms with van der Waals surface area (Å²) in [6.07, 6.45) is 2.49. The summed E-state index contributed by atoms with van der Waals surface area (Å²) in [5, 5.41) is 0. The first-order valence-electron chi connectivity index (χ1n) is 6.72. The lowest BCUT2D eigenvalue weighted by atomic mass is 9.86. The van der Waals surface area contributed by atoms with Gasteiger partial charge in [0.25, 0.3) is 0 Å². The van der Waals surface area contributed by atoms with Crippen LogP contribution in [0.25, 0.3) is 0 Å². The van der Waals surface area contributed by atoms with E-state index in [0.29, 0.717) is 0 Å². The molecule has 1 heterocycles. The van der Waals surface area contributed by atoms with Crippen molar-refractivity contribution in [3.63, 3.8) is 0 Å². The molecule has 0 amide bonds. The maximum Gasteiger partial charge on any atom is 0.128 e. The summed E-state index contributed by atoms with van der Waals surface area (Å²) < 4.78 is 14.6. The van der Waals surface area contributed by atoms with Crippen molar-refractivity contribution < 1.29 is 4.39 Å². The Balaban J connectivity index is 1.91. The quantitative estimate of drug-likeness (QED) is 0.796. The third-order valence-electron chi connectivity index (χ3n) is 3.98. The van der Waals surface area contributed by atoms with Gasteiger partial charge in [-0.2, -0.15) is 0 Å². The van der Waals surface area contributed by atoms with Crippen LogP contribution in [-0.2, 0) is 6.54 Å². The smallest absolute Gasteiger partial charge is 0.128 e. The van der Waals surface area contributed by atoms with Crippen LogP contribution in [0.15, 0.2) is 22.7 Å². The van der Waals surface area contributed by atoms with Gasteiger partial charge in [0, 0.05) is 16.6 Å². The Hall–Kier alpha value is -0.410. The van der Waals surface area contributed by atoms with Gasteiger partial charge in [-0.15, -0.1) is 0 Å². The van der Waals surface area contributed by atoms with Crippen LogP contribution in [0.3, 0.4) is 0 Å². The van der Waals surface area contributed by atoms with Gasteiger partial charge in [-0.1, -0.05) is 35.8 Å². The number of rotatable bonds is 3. The van der Waals surface area contributed by atoms with Crippen LogP contribution in [0.1, 0.15) is 32.3 Å². The molecule has 1 aliphatic heterocycles. The van der Waals surface area contributed by atoms with Crippen molar-refractivity contribution in [2.24, 2.45) is 11.8 Å². The lowest BCUT2D eigenvalue weighted by Gasteiger charge is -2.33. The highest BCUT2D eigenvalue weighted by atomic mass is 79.9. The SMILES string of the molecule is CC(C)C1CCN(Cc2ccc(Br)cc2F)CC1. The lowest BCUT2D eigenvalue weighted by molar-refractivity contribution is 0.150. The Morgan fingerprint density at radius 1 is 1.33 bits per heavy atom. The van der Waals surface area contributed by atoms with Crippen molar-refractivity contribution in [2.75, 3.05) is 13.1 Å². The van der Waals surface area contributed by atoms with Crippen molar-refractivity contribution in [2.45, 2.75) is 33.2 Å². The van der Waals surface area contributed by atoms with Crippen molar-refractivity contribution in [1.82, 2.24) is 4.90 Å². The number of benzene rings is 1. The molecule has 0 N–H and O–H groups in total.